The minimum Gasteiger partial charge on any atom is -0.453 e. The lowest BCUT2D eigenvalue weighted by Gasteiger charge is -2.48. The van der Waals surface area contributed by atoms with E-state index in [1.807, 2.05) is 22.9 Å². The molecular weight excluding hydrogens is 1070 g/mol. The Morgan fingerprint density at radius 2 is 1.34 bits per heavy atom. The highest BCUT2D eigenvalue weighted by molar-refractivity contribution is 6.06. The van der Waals surface area contributed by atoms with Gasteiger partial charge in [0, 0.05) is 67.3 Å². The van der Waals surface area contributed by atoms with E-state index < -0.39 is 126 Å². The number of carbonyl (C=O) groups excluding carboxylic acids is 4. The second-order valence-corrected chi connectivity index (χ2v) is 20.5. The van der Waals surface area contributed by atoms with E-state index in [0.29, 0.717) is 85.9 Å². The third kappa shape index (κ3) is 14.7. The number of alkyl halides is 8. The maximum atomic E-state index is 15.9. The van der Waals surface area contributed by atoms with Gasteiger partial charge in [0.05, 0.1) is 62.2 Å². The quantitative estimate of drug-likeness (QED) is 0.0254. The molecule has 3 saturated heterocycles. The number of ether oxygens (including phenoxy) is 3. The van der Waals surface area contributed by atoms with E-state index in [2.05, 4.69) is 24.6 Å². The molecule has 3 aromatic rings. The number of aromatic nitrogens is 1. The number of carbonyl (C=O) groups is 4. The van der Waals surface area contributed by atoms with Gasteiger partial charge in [0.1, 0.15) is 29.5 Å². The van der Waals surface area contributed by atoms with Crippen molar-refractivity contribution in [1.82, 2.24) is 41.6 Å². The molecule has 1 aromatic heterocycles. The van der Waals surface area contributed by atoms with Crippen molar-refractivity contribution in [2.45, 2.75) is 115 Å². The van der Waals surface area contributed by atoms with Crippen LogP contribution in [0.1, 0.15) is 57.2 Å². The molecule has 6 atom stereocenters. The number of nitrogens with zero attached hydrogens (tertiary/aromatic N) is 4. The van der Waals surface area contributed by atoms with Gasteiger partial charge in [-0.05, 0) is 88.4 Å². The molecule has 3 aliphatic rings. The first kappa shape index (κ1) is 61.4. The van der Waals surface area contributed by atoms with Crippen molar-refractivity contribution in [2.75, 3.05) is 52.0 Å². The molecule has 0 radical (unpaired) electrons. The average molecular weight is 1130 g/mol. The van der Waals surface area contributed by atoms with Crippen LogP contribution in [0.4, 0.5) is 59.3 Å². The predicted octanol–water partition coefficient (Wildman–Crippen LogP) is 6.32. The molecule has 79 heavy (non-hydrogen) atoms. The Morgan fingerprint density at radius 1 is 0.810 bits per heavy atom. The largest absolute Gasteiger partial charge is 0.453 e. The minimum atomic E-state index is -5.23. The molecule has 7 N–H and O–H groups in total. The van der Waals surface area contributed by atoms with E-state index in [1.54, 1.807) is 41.1 Å². The molecule has 3 unspecified atom stereocenters. The summed E-state index contributed by atoms with van der Waals surface area (Å²) in [6, 6.07) is 5.70. The summed E-state index contributed by atoms with van der Waals surface area (Å²) in [6.45, 7) is -0.0235. The number of nitrogens with one attached hydrogen (secondary N) is 6. The standard InChI is InChI=1S/C51H62F10N10O8/c1-48(2,50(56,57)58)41(66-46(75)77-5)43(73)65-38(17-27-7-9-28(10-8-27)29-11-14-40(64-20-29)69-21-31-12-13-32(22-69)71(31)33-25-79-26-33)39(72)24-70(68-44(74)42(67-47(76)78-6)49(3,4)51(59,60)61)23-34-35(52)18-30(19-36(34)53)37(62)15-16-63-45(54)55/h7-11,14-16,18-20,31-33,38-39,41-42,45,62-63,72H,12-13,17,21-26H2,1-6H3,(H,65,73)(H,66,75)(H,67,76)(H,68,74)/b16-15-,62-37?/t31?,32?,38-,39-,41?,42+/m0/s1. The van der Waals surface area contributed by atoms with Gasteiger partial charge in [0.25, 0.3) is 5.91 Å². The van der Waals surface area contributed by atoms with Crippen LogP contribution in [0.5, 0.6) is 0 Å². The van der Waals surface area contributed by atoms with Crippen molar-refractivity contribution >= 4 is 35.5 Å². The van der Waals surface area contributed by atoms with Crippen LogP contribution in [0.15, 0.2) is 67.0 Å². The van der Waals surface area contributed by atoms with Crippen LogP contribution in [-0.2, 0) is 36.8 Å². The number of aliphatic hydroxyl groups is 1. The van der Waals surface area contributed by atoms with Gasteiger partial charge in [-0.1, -0.05) is 24.3 Å². The van der Waals surface area contributed by atoms with E-state index in [-0.39, 0.29) is 0 Å². The van der Waals surface area contributed by atoms with Crippen LogP contribution in [0, 0.1) is 27.9 Å². The summed E-state index contributed by atoms with van der Waals surface area (Å²) in [5.41, 5.74) is -4.64. The summed E-state index contributed by atoms with van der Waals surface area (Å²) < 4.78 is 159. The smallest absolute Gasteiger partial charge is 0.407 e. The molecule has 434 valence electrons. The Morgan fingerprint density at radius 3 is 1.81 bits per heavy atom. The third-order valence-electron chi connectivity index (χ3n) is 14.5. The summed E-state index contributed by atoms with van der Waals surface area (Å²) in [6.07, 6.45) is -10.8. The van der Waals surface area contributed by atoms with Crippen LogP contribution >= 0.6 is 0 Å². The number of amides is 4. The van der Waals surface area contributed by atoms with Gasteiger partial charge in [0.15, 0.2) is 0 Å². The number of methoxy groups -OCH3 is 2. The van der Waals surface area contributed by atoms with Crippen molar-refractivity contribution in [2.24, 2.45) is 10.8 Å². The molecule has 2 bridgehead atoms. The molecule has 6 rings (SSSR count). The topological polar surface area (TPSA) is 223 Å². The Labute approximate surface area is 448 Å². The molecule has 4 heterocycles. The van der Waals surface area contributed by atoms with Crippen LogP contribution in [0.25, 0.3) is 11.1 Å². The fraction of sp³-hybridized carbons (Fsp3) is 0.529. The van der Waals surface area contributed by atoms with Gasteiger partial charge in [0.2, 0.25) is 5.91 Å². The van der Waals surface area contributed by atoms with Gasteiger partial charge < -0.3 is 50.9 Å². The normalized spacial score (nSPS) is 18.8. The molecule has 18 nitrogen and oxygen atoms in total. The van der Waals surface area contributed by atoms with Gasteiger partial charge >= 0.3 is 31.1 Å². The van der Waals surface area contributed by atoms with Crippen LogP contribution in [0.3, 0.4) is 0 Å². The highest BCUT2D eigenvalue weighted by Gasteiger charge is 2.57. The number of anilines is 1. The molecule has 0 spiro atoms. The Bertz CT molecular complexity index is 2640. The number of piperazine rings is 1. The van der Waals surface area contributed by atoms with Crippen LogP contribution < -0.4 is 31.6 Å². The van der Waals surface area contributed by atoms with Crippen molar-refractivity contribution in [3.63, 3.8) is 0 Å². The third-order valence-corrected chi connectivity index (χ3v) is 14.5. The second kappa shape index (κ2) is 25.1. The van der Waals surface area contributed by atoms with Gasteiger partial charge in [-0.25, -0.2) is 28.4 Å². The Hall–Kier alpha value is -6.78. The molecule has 3 aliphatic heterocycles. The lowest BCUT2D eigenvalue weighted by Crippen LogP contribution is -2.63. The van der Waals surface area contributed by atoms with E-state index in [9.17, 15) is 59.4 Å². The summed E-state index contributed by atoms with van der Waals surface area (Å²) >= 11 is 0. The summed E-state index contributed by atoms with van der Waals surface area (Å²) in [4.78, 5) is 62.4. The van der Waals surface area contributed by atoms with Crippen molar-refractivity contribution in [3.05, 3.63) is 95.3 Å². The number of aliphatic hydroxyl groups excluding tert-OH is 1. The van der Waals surface area contributed by atoms with E-state index in [0.717, 1.165) is 65.3 Å². The highest BCUT2D eigenvalue weighted by atomic mass is 19.4. The summed E-state index contributed by atoms with van der Waals surface area (Å²) in [5, 5.41) is 28.2. The second-order valence-electron chi connectivity index (χ2n) is 20.5. The number of halogens is 10. The van der Waals surface area contributed by atoms with E-state index in [4.69, 9.17) is 15.1 Å². The molecule has 0 aliphatic carbocycles. The van der Waals surface area contributed by atoms with Gasteiger partial charge in [-0.15, -0.1) is 0 Å². The van der Waals surface area contributed by atoms with E-state index in [1.165, 1.54) is 0 Å². The highest BCUT2D eigenvalue weighted by Crippen LogP contribution is 2.42. The maximum absolute atomic E-state index is 15.9. The fourth-order valence-electron chi connectivity index (χ4n) is 9.45. The number of hydrogen-bond acceptors (Lipinski definition) is 14. The SMILES string of the molecule is COC(=O)NC(C(=O)N[C@@H](Cc1ccc(-c2ccc(N3CC4CCC(C3)N4C3COC3)nc2)cc1)[C@@H](O)CN(Cc1c(F)cc(C(=N)/C=C\NC(F)F)cc1F)NC(=O)[C@@H](NC(=O)OC)C(C)(C)C(F)(F)F)C(C)(C)C(F)(F)F. The number of rotatable bonds is 22. The lowest BCUT2D eigenvalue weighted by atomic mass is 9.82. The number of benzene rings is 2. The van der Waals surface area contributed by atoms with Crippen molar-refractivity contribution in [3.8, 4) is 11.1 Å². The fourth-order valence-corrected chi connectivity index (χ4v) is 9.45. The number of hydrogen-bond donors (Lipinski definition) is 7. The van der Waals surface area contributed by atoms with Crippen LogP contribution in [0.2, 0.25) is 0 Å². The summed E-state index contributed by atoms with van der Waals surface area (Å²) in [5.74, 6) is -5.38. The number of allylic oxidation sites excluding steroid dienone is 1. The van der Waals surface area contributed by atoms with Crippen LogP contribution in [-0.4, -0.2) is 158 Å². The number of hydrazine groups is 1. The monoisotopic (exact) mass is 1130 g/mol. The zero-order valence-corrected chi connectivity index (χ0v) is 43.7. The molecule has 0 saturated carbocycles. The van der Waals surface area contributed by atoms with Crippen molar-refractivity contribution in [1.29, 1.82) is 5.41 Å². The first-order valence-corrected chi connectivity index (χ1v) is 24.7. The molecule has 2 aromatic carbocycles. The maximum Gasteiger partial charge on any atom is 0.407 e. The van der Waals surface area contributed by atoms with E-state index >= 15 is 8.78 Å². The first-order valence-electron chi connectivity index (χ1n) is 24.7. The predicted molar refractivity (Wildman–Crippen MR) is 265 cm³/mol. The first-order chi connectivity index (χ1) is 36.9. The molecule has 3 fully saturated rings. The van der Waals surface area contributed by atoms with Gasteiger partial charge in [-0.2, -0.15) is 35.1 Å². The van der Waals surface area contributed by atoms with Crippen molar-refractivity contribution < 1.29 is 82.4 Å². The Balaban J connectivity index is 1.33. The molecular formula is C51H62F10N10O8. The number of pyridine rings is 1. The zero-order chi connectivity index (χ0) is 58.4. The number of alkyl carbamates (subject to hydrolysis) is 2. The summed E-state index contributed by atoms with van der Waals surface area (Å²) in [7, 11) is 1.60. The molecule has 4 amide bonds. The van der Waals surface area contributed by atoms with Gasteiger partial charge in [-0.3, -0.25) is 19.9 Å². The molecule has 28 heteroatoms. The number of fused-ring (bicyclic) bond motifs is 2. The minimum absolute atomic E-state index is 0.299. The Kier molecular flexibility index (Phi) is 19.5. The zero-order valence-electron chi connectivity index (χ0n) is 43.7. The average Bonchev–Trinajstić information content (AvgIpc) is 3.61. The lowest BCUT2D eigenvalue weighted by molar-refractivity contribution is -0.221.